The van der Waals surface area contributed by atoms with Crippen molar-refractivity contribution in [2.45, 2.75) is 91.1 Å². The monoisotopic (exact) mass is 390 g/mol. The third kappa shape index (κ3) is 3.05. The van der Waals surface area contributed by atoms with Gasteiger partial charge in [0, 0.05) is 18.8 Å². The fourth-order valence-corrected chi connectivity index (χ4v) is 8.44. The van der Waals surface area contributed by atoms with Crippen molar-refractivity contribution >= 4 is 11.8 Å². The van der Waals surface area contributed by atoms with Crippen molar-refractivity contribution in [3.8, 4) is 0 Å². The van der Waals surface area contributed by atoms with E-state index in [1.165, 1.54) is 6.42 Å². The van der Waals surface area contributed by atoms with E-state index in [2.05, 4.69) is 20.8 Å². The Balaban J connectivity index is 1.56. The fourth-order valence-electron chi connectivity index (χ4n) is 8.44. The van der Waals surface area contributed by atoms with Gasteiger partial charge in [0.05, 0.1) is 6.10 Å². The number of hydrogen-bond donors (Lipinski definition) is 2. The largest absolute Gasteiger partial charge is 0.481 e. The highest BCUT2D eigenvalue weighted by atomic mass is 16.4. The Labute approximate surface area is 169 Å². The second kappa shape index (κ2) is 7.11. The van der Waals surface area contributed by atoms with Gasteiger partial charge in [-0.1, -0.05) is 20.8 Å². The van der Waals surface area contributed by atoms with Crippen LogP contribution in [-0.4, -0.2) is 28.1 Å². The Morgan fingerprint density at radius 3 is 2.50 bits per heavy atom. The molecule has 4 aliphatic carbocycles. The number of aliphatic hydroxyl groups is 1. The van der Waals surface area contributed by atoms with Gasteiger partial charge >= 0.3 is 5.97 Å². The van der Waals surface area contributed by atoms with Crippen LogP contribution < -0.4 is 0 Å². The predicted octanol–water partition coefficient (Wildman–Crippen LogP) is 4.69. The first-order valence-electron chi connectivity index (χ1n) is 11.6. The summed E-state index contributed by atoms with van der Waals surface area (Å²) in [6, 6.07) is 0. The zero-order valence-corrected chi connectivity index (χ0v) is 17.8. The molecule has 28 heavy (non-hydrogen) atoms. The van der Waals surface area contributed by atoms with Gasteiger partial charge in [-0.15, -0.1) is 0 Å². The van der Waals surface area contributed by atoms with Gasteiger partial charge in [0.2, 0.25) is 0 Å². The minimum absolute atomic E-state index is 0.187. The van der Waals surface area contributed by atoms with E-state index in [1.54, 1.807) is 0 Å². The summed E-state index contributed by atoms with van der Waals surface area (Å²) in [6.45, 7) is 7.06. The number of carbonyl (C=O) groups excluding carboxylic acids is 1. The zero-order valence-electron chi connectivity index (χ0n) is 17.8. The van der Waals surface area contributed by atoms with Crippen LogP contribution >= 0.6 is 0 Å². The number of carbonyl (C=O) groups is 2. The maximum atomic E-state index is 13.3. The molecular weight excluding hydrogens is 352 g/mol. The molecule has 0 aromatic heterocycles. The number of fused-ring (bicyclic) bond motifs is 5. The molecule has 0 saturated heterocycles. The maximum Gasteiger partial charge on any atom is 0.303 e. The maximum absolute atomic E-state index is 13.3. The SMILES string of the molecule is CC(CCC(=O)O)[C@H]1CCC2C3C(=O)C[C@@H]4C[C@H](O)CC[C@]4(C)C3CC[C@@]21C. The Bertz CT molecular complexity index is 645. The fraction of sp³-hybridized carbons (Fsp3) is 0.917. The molecule has 4 heteroatoms. The molecule has 4 saturated carbocycles. The predicted molar refractivity (Wildman–Crippen MR) is 108 cm³/mol. The van der Waals surface area contributed by atoms with Gasteiger partial charge in [0.15, 0.2) is 0 Å². The van der Waals surface area contributed by atoms with Crippen molar-refractivity contribution in [3.05, 3.63) is 0 Å². The zero-order chi connectivity index (χ0) is 20.3. The van der Waals surface area contributed by atoms with Gasteiger partial charge in [-0.3, -0.25) is 9.59 Å². The summed E-state index contributed by atoms with van der Waals surface area (Å²) in [5.74, 6) is 2.25. The van der Waals surface area contributed by atoms with Crippen LogP contribution in [0.1, 0.15) is 85.0 Å². The molecule has 0 bridgehead atoms. The summed E-state index contributed by atoms with van der Waals surface area (Å²) in [5, 5.41) is 19.3. The van der Waals surface area contributed by atoms with Crippen molar-refractivity contribution in [2.24, 2.45) is 46.3 Å². The first-order chi connectivity index (χ1) is 13.2. The van der Waals surface area contributed by atoms with E-state index in [9.17, 15) is 14.7 Å². The molecule has 0 amide bonds. The molecule has 0 spiro atoms. The third-order valence-electron chi connectivity index (χ3n) is 10.0. The van der Waals surface area contributed by atoms with Crippen LogP contribution in [0.15, 0.2) is 0 Å². The second-order valence-corrected chi connectivity index (χ2v) is 11.2. The molecule has 2 N–H and O–H groups in total. The van der Waals surface area contributed by atoms with Crippen LogP contribution in [0.25, 0.3) is 0 Å². The minimum atomic E-state index is -0.698. The van der Waals surface area contributed by atoms with E-state index in [4.69, 9.17) is 5.11 Å². The molecule has 0 aromatic carbocycles. The van der Waals surface area contributed by atoms with Crippen molar-refractivity contribution in [3.63, 3.8) is 0 Å². The Hall–Kier alpha value is -0.900. The van der Waals surface area contributed by atoms with Crippen molar-refractivity contribution < 1.29 is 19.8 Å². The average Bonchev–Trinajstić information content (AvgIpc) is 2.98. The van der Waals surface area contributed by atoms with E-state index in [1.807, 2.05) is 0 Å². The molecule has 4 rings (SSSR count). The van der Waals surface area contributed by atoms with E-state index >= 15 is 0 Å². The number of aliphatic hydroxyl groups excluding tert-OH is 1. The minimum Gasteiger partial charge on any atom is -0.481 e. The number of ketones is 1. The lowest BCUT2D eigenvalue weighted by Gasteiger charge is -2.60. The van der Waals surface area contributed by atoms with Crippen LogP contribution in [0, 0.1) is 46.3 Å². The third-order valence-corrected chi connectivity index (χ3v) is 10.0. The normalized spacial score (nSPS) is 49.1. The number of aliphatic carboxylic acids is 1. The molecule has 0 radical (unpaired) electrons. The number of rotatable bonds is 4. The summed E-state index contributed by atoms with van der Waals surface area (Å²) in [7, 11) is 0. The lowest BCUT2D eigenvalue weighted by Crippen LogP contribution is -2.57. The first kappa shape index (κ1) is 20.4. The Morgan fingerprint density at radius 1 is 1.11 bits per heavy atom. The van der Waals surface area contributed by atoms with E-state index in [0.717, 1.165) is 44.9 Å². The van der Waals surface area contributed by atoms with Crippen LogP contribution in [0.2, 0.25) is 0 Å². The highest BCUT2D eigenvalue weighted by molar-refractivity contribution is 5.83. The molecule has 4 unspecified atom stereocenters. The highest BCUT2D eigenvalue weighted by Gasteiger charge is 2.62. The topological polar surface area (TPSA) is 74.6 Å². The molecule has 0 aliphatic heterocycles. The average molecular weight is 391 g/mol. The van der Waals surface area contributed by atoms with E-state index in [-0.39, 0.29) is 29.3 Å². The van der Waals surface area contributed by atoms with E-state index < -0.39 is 5.97 Å². The van der Waals surface area contributed by atoms with Crippen molar-refractivity contribution in [2.75, 3.05) is 0 Å². The summed E-state index contributed by atoms with van der Waals surface area (Å²) in [4.78, 5) is 24.4. The van der Waals surface area contributed by atoms with Gasteiger partial charge in [0.25, 0.3) is 0 Å². The van der Waals surface area contributed by atoms with Crippen molar-refractivity contribution in [1.82, 2.24) is 0 Å². The molecule has 4 fully saturated rings. The van der Waals surface area contributed by atoms with Crippen LogP contribution in [-0.2, 0) is 9.59 Å². The molecule has 0 heterocycles. The second-order valence-electron chi connectivity index (χ2n) is 11.2. The lowest BCUT2D eigenvalue weighted by atomic mass is 9.44. The van der Waals surface area contributed by atoms with Gasteiger partial charge in [-0.2, -0.15) is 0 Å². The number of Topliss-reactive ketones (excluding diaryl/α,β-unsaturated/α-hetero) is 1. The van der Waals surface area contributed by atoms with Gasteiger partial charge in [-0.05, 0) is 91.8 Å². The summed E-state index contributed by atoms with van der Waals surface area (Å²) in [6.07, 6.45) is 8.81. The molecular formula is C24H38O4. The molecule has 4 aliphatic rings. The van der Waals surface area contributed by atoms with Gasteiger partial charge < -0.3 is 10.2 Å². The van der Waals surface area contributed by atoms with Crippen molar-refractivity contribution in [1.29, 1.82) is 0 Å². The number of carboxylic acid groups (broad SMARTS) is 1. The lowest BCUT2D eigenvalue weighted by molar-refractivity contribution is -0.160. The smallest absolute Gasteiger partial charge is 0.303 e. The van der Waals surface area contributed by atoms with E-state index in [0.29, 0.717) is 41.8 Å². The summed E-state index contributed by atoms with van der Waals surface area (Å²) >= 11 is 0. The standard InChI is InChI=1S/C24H38O4/c1-14(4-7-21(27)28)17-5-6-18-22-19(9-11-24(17,18)3)23(2)10-8-16(25)12-15(23)13-20(22)26/h14-19,22,25H,4-13H2,1-3H3,(H,27,28)/t14?,15-,16+,17+,18?,19?,22?,23-,24+/m0/s1. The molecule has 4 nitrogen and oxygen atoms in total. The summed E-state index contributed by atoms with van der Waals surface area (Å²) < 4.78 is 0. The van der Waals surface area contributed by atoms with Crippen LogP contribution in [0.3, 0.4) is 0 Å². The first-order valence-corrected chi connectivity index (χ1v) is 11.6. The Kier molecular flexibility index (Phi) is 5.17. The molecule has 9 atom stereocenters. The molecule has 158 valence electrons. The van der Waals surface area contributed by atoms with Gasteiger partial charge in [-0.25, -0.2) is 0 Å². The highest BCUT2D eigenvalue weighted by Crippen LogP contribution is 2.67. The number of carboxylic acids is 1. The van der Waals surface area contributed by atoms with Gasteiger partial charge in [0.1, 0.15) is 5.78 Å². The van der Waals surface area contributed by atoms with Crippen LogP contribution in [0.5, 0.6) is 0 Å². The number of hydrogen-bond acceptors (Lipinski definition) is 3. The quantitative estimate of drug-likeness (QED) is 0.730. The summed E-state index contributed by atoms with van der Waals surface area (Å²) in [5.41, 5.74) is 0.401. The van der Waals surface area contributed by atoms with Crippen LogP contribution in [0.4, 0.5) is 0 Å². The Morgan fingerprint density at radius 2 is 1.79 bits per heavy atom. The molecule has 0 aromatic rings.